The lowest BCUT2D eigenvalue weighted by Crippen LogP contribution is -2.40. The van der Waals surface area contributed by atoms with Crippen molar-refractivity contribution < 1.29 is 0 Å². The monoisotopic (exact) mass is 319 g/mol. The average molecular weight is 319 g/mol. The molecule has 0 bridgehead atoms. The maximum absolute atomic E-state index is 8.81. The second-order valence-electron chi connectivity index (χ2n) is 5.89. The van der Waals surface area contributed by atoms with Gasteiger partial charge >= 0.3 is 0 Å². The summed E-state index contributed by atoms with van der Waals surface area (Å²) in [5, 5.41) is 13.6. The van der Waals surface area contributed by atoms with Gasteiger partial charge in [0.1, 0.15) is 11.7 Å². The zero-order valence-corrected chi connectivity index (χ0v) is 13.1. The number of aromatic amines is 1. The van der Waals surface area contributed by atoms with Crippen LogP contribution in [0.5, 0.6) is 0 Å². The fraction of sp³-hybridized carbons (Fsp3) is 0.294. The first-order valence-corrected chi connectivity index (χ1v) is 7.99. The molecular weight excluding hydrogens is 302 g/mol. The molecule has 3 aromatic rings. The third kappa shape index (κ3) is 2.74. The van der Waals surface area contributed by atoms with E-state index in [0.717, 1.165) is 42.7 Å². The number of hydrogen-bond acceptors (Lipinski definition) is 6. The molecule has 1 aliphatic heterocycles. The topological polar surface area (TPSA) is 93.5 Å². The second kappa shape index (κ2) is 6.16. The predicted octanol–water partition coefficient (Wildman–Crippen LogP) is 2.31. The molecule has 0 saturated carbocycles. The summed E-state index contributed by atoms with van der Waals surface area (Å²) in [6, 6.07) is 6.53. The van der Waals surface area contributed by atoms with Crippen LogP contribution in [0.4, 0.5) is 11.6 Å². The summed E-state index contributed by atoms with van der Waals surface area (Å²) in [6.45, 7) is 1.79. The van der Waals surface area contributed by atoms with Gasteiger partial charge in [0, 0.05) is 42.6 Å². The molecule has 0 aliphatic carbocycles. The first kappa shape index (κ1) is 14.5. The third-order valence-corrected chi connectivity index (χ3v) is 4.36. The van der Waals surface area contributed by atoms with Gasteiger partial charge in [0.25, 0.3) is 0 Å². The number of H-pyrrole nitrogens is 1. The molecule has 3 aromatic heterocycles. The van der Waals surface area contributed by atoms with E-state index in [1.54, 1.807) is 12.4 Å². The Hall–Kier alpha value is -3.14. The van der Waals surface area contributed by atoms with E-state index in [1.165, 1.54) is 0 Å². The van der Waals surface area contributed by atoms with Gasteiger partial charge in [-0.1, -0.05) is 0 Å². The standard InChI is InChI=1S/C17H17N7/c18-9-12-10-21-17(22-11-12)24-7-3-13(4-8-24)23-15-2-6-20-16-14(15)1-5-19-16/h1-2,5-6,10-11,13H,3-4,7-8H2,(H2,19,20,23). The molecule has 0 spiro atoms. The molecule has 0 radical (unpaired) electrons. The molecule has 0 amide bonds. The number of rotatable bonds is 3. The van der Waals surface area contributed by atoms with Crippen molar-refractivity contribution in [3.63, 3.8) is 0 Å². The summed E-state index contributed by atoms with van der Waals surface area (Å²) >= 11 is 0. The first-order chi connectivity index (χ1) is 11.8. The number of pyridine rings is 1. The van der Waals surface area contributed by atoms with E-state index >= 15 is 0 Å². The minimum Gasteiger partial charge on any atom is -0.382 e. The maximum Gasteiger partial charge on any atom is 0.225 e. The predicted molar refractivity (Wildman–Crippen MR) is 91.7 cm³/mol. The van der Waals surface area contributed by atoms with Crippen LogP contribution < -0.4 is 10.2 Å². The molecule has 4 heterocycles. The Labute approximate surface area is 139 Å². The Kier molecular flexibility index (Phi) is 3.71. The summed E-state index contributed by atoms with van der Waals surface area (Å²) in [6.07, 6.45) is 8.91. The van der Waals surface area contributed by atoms with Crippen molar-refractivity contribution in [3.8, 4) is 6.07 Å². The lowest BCUT2D eigenvalue weighted by Gasteiger charge is -2.32. The van der Waals surface area contributed by atoms with Crippen LogP contribution in [-0.4, -0.2) is 39.1 Å². The molecule has 4 rings (SSSR count). The number of nitrogens with zero attached hydrogens (tertiary/aromatic N) is 5. The Morgan fingerprint density at radius 1 is 1.17 bits per heavy atom. The molecule has 0 atom stereocenters. The fourth-order valence-electron chi connectivity index (χ4n) is 3.07. The number of fused-ring (bicyclic) bond motifs is 1. The minimum absolute atomic E-state index is 0.417. The van der Waals surface area contributed by atoms with Gasteiger partial charge in [-0.15, -0.1) is 0 Å². The van der Waals surface area contributed by atoms with E-state index in [9.17, 15) is 0 Å². The molecule has 1 saturated heterocycles. The molecule has 120 valence electrons. The number of nitriles is 1. The molecule has 0 aromatic carbocycles. The van der Waals surface area contributed by atoms with Crippen LogP contribution in [0.2, 0.25) is 0 Å². The van der Waals surface area contributed by atoms with E-state index in [4.69, 9.17) is 5.26 Å². The normalized spacial score (nSPS) is 15.4. The van der Waals surface area contributed by atoms with Crippen LogP contribution in [0.25, 0.3) is 11.0 Å². The van der Waals surface area contributed by atoms with E-state index in [-0.39, 0.29) is 0 Å². The summed E-state index contributed by atoms with van der Waals surface area (Å²) in [4.78, 5) is 18.2. The molecule has 7 heteroatoms. The number of aromatic nitrogens is 4. The summed E-state index contributed by atoms with van der Waals surface area (Å²) < 4.78 is 0. The second-order valence-corrected chi connectivity index (χ2v) is 5.89. The molecule has 1 fully saturated rings. The van der Waals surface area contributed by atoms with Gasteiger partial charge in [-0.2, -0.15) is 5.26 Å². The van der Waals surface area contributed by atoms with Crippen LogP contribution in [-0.2, 0) is 0 Å². The van der Waals surface area contributed by atoms with Crippen molar-refractivity contribution in [3.05, 3.63) is 42.5 Å². The fourth-order valence-corrected chi connectivity index (χ4v) is 3.07. The molecule has 1 aliphatic rings. The van der Waals surface area contributed by atoms with Crippen LogP contribution in [0.15, 0.2) is 36.9 Å². The van der Waals surface area contributed by atoms with E-state index in [2.05, 4.69) is 30.2 Å². The van der Waals surface area contributed by atoms with Crippen molar-refractivity contribution in [2.24, 2.45) is 0 Å². The van der Waals surface area contributed by atoms with Crippen molar-refractivity contribution >= 4 is 22.7 Å². The first-order valence-electron chi connectivity index (χ1n) is 7.99. The van der Waals surface area contributed by atoms with Crippen LogP contribution >= 0.6 is 0 Å². The highest BCUT2D eigenvalue weighted by atomic mass is 15.3. The van der Waals surface area contributed by atoms with Gasteiger partial charge in [0.15, 0.2) is 0 Å². The molecular formula is C17H17N7. The van der Waals surface area contributed by atoms with Crippen molar-refractivity contribution in [2.75, 3.05) is 23.3 Å². The highest BCUT2D eigenvalue weighted by Gasteiger charge is 2.21. The van der Waals surface area contributed by atoms with Crippen molar-refractivity contribution in [1.82, 2.24) is 19.9 Å². The quantitative estimate of drug-likeness (QED) is 0.769. The van der Waals surface area contributed by atoms with Gasteiger partial charge in [-0.25, -0.2) is 15.0 Å². The Bertz CT molecular complexity index is 870. The maximum atomic E-state index is 8.81. The van der Waals surface area contributed by atoms with E-state index in [1.807, 2.05) is 30.6 Å². The smallest absolute Gasteiger partial charge is 0.225 e. The van der Waals surface area contributed by atoms with Gasteiger partial charge in [0.2, 0.25) is 5.95 Å². The zero-order valence-electron chi connectivity index (χ0n) is 13.1. The van der Waals surface area contributed by atoms with E-state index in [0.29, 0.717) is 17.6 Å². The minimum atomic E-state index is 0.417. The SMILES string of the molecule is N#Cc1cnc(N2CCC(Nc3ccnc4[nH]ccc34)CC2)nc1. The Balaban J connectivity index is 1.41. The van der Waals surface area contributed by atoms with Gasteiger partial charge in [0.05, 0.1) is 18.0 Å². The number of nitrogens with one attached hydrogen (secondary N) is 2. The average Bonchev–Trinajstić information content (AvgIpc) is 3.12. The van der Waals surface area contributed by atoms with Crippen LogP contribution in [0, 0.1) is 11.3 Å². The lowest BCUT2D eigenvalue weighted by atomic mass is 10.0. The number of anilines is 2. The zero-order chi connectivity index (χ0) is 16.4. The highest BCUT2D eigenvalue weighted by molar-refractivity contribution is 5.89. The lowest BCUT2D eigenvalue weighted by molar-refractivity contribution is 0.520. The van der Waals surface area contributed by atoms with Gasteiger partial charge in [-0.3, -0.25) is 0 Å². The third-order valence-electron chi connectivity index (χ3n) is 4.36. The van der Waals surface area contributed by atoms with Crippen LogP contribution in [0.1, 0.15) is 18.4 Å². The van der Waals surface area contributed by atoms with Crippen molar-refractivity contribution in [2.45, 2.75) is 18.9 Å². The molecule has 2 N–H and O–H groups in total. The van der Waals surface area contributed by atoms with Gasteiger partial charge in [-0.05, 0) is 25.0 Å². The Morgan fingerprint density at radius 2 is 1.96 bits per heavy atom. The molecule has 0 unspecified atom stereocenters. The largest absolute Gasteiger partial charge is 0.382 e. The van der Waals surface area contributed by atoms with Crippen LogP contribution in [0.3, 0.4) is 0 Å². The summed E-state index contributed by atoms with van der Waals surface area (Å²) in [7, 11) is 0. The van der Waals surface area contributed by atoms with Gasteiger partial charge < -0.3 is 15.2 Å². The highest BCUT2D eigenvalue weighted by Crippen LogP contribution is 2.24. The Morgan fingerprint density at radius 3 is 2.71 bits per heavy atom. The van der Waals surface area contributed by atoms with Crippen molar-refractivity contribution in [1.29, 1.82) is 5.26 Å². The van der Waals surface area contributed by atoms with E-state index < -0.39 is 0 Å². The summed E-state index contributed by atoms with van der Waals surface area (Å²) in [5.41, 5.74) is 2.52. The number of hydrogen-bond donors (Lipinski definition) is 2. The molecule has 7 nitrogen and oxygen atoms in total. The summed E-state index contributed by atoms with van der Waals surface area (Å²) in [5.74, 6) is 0.699. The number of piperidine rings is 1. The molecule has 24 heavy (non-hydrogen) atoms.